The number of hydrogen-bond donors (Lipinski definition) is 1. The van der Waals surface area contributed by atoms with Gasteiger partial charge in [-0.3, -0.25) is 4.90 Å². The molecule has 1 aliphatic heterocycles. The maximum absolute atomic E-state index is 5.93. The second-order valence-corrected chi connectivity index (χ2v) is 6.76. The van der Waals surface area contributed by atoms with Crippen LogP contribution in [0.25, 0.3) is 0 Å². The minimum atomic E-state index is 0.156. The van der Waals surface area contributed by atoms with E-state index in [4.69, 9.17) is 23.4 Å². The number of aryl methyl sites for hydroxylation is 1. The zero-order chi connectivity index (χ0) is 19.9. The van der Waals surface area contributed by atoms with Gasteiger partial charge >= 0.3 is 0 Å². The molecule has 154 valence electrons. The van der Waals surface area contributed by atoms with Crippen molar-refractivity contribution >= 4 is 0 Å². The lowest BCUT2D eigenvalue weighted by atomic mass is 10.1. The van der Waals surface area contributed by atoms with Crippen LogP contribution in [0.5, 0.6) is 17.2 Å². The molecule has 1 saturated heterocycles. The van der Waals surface area contributed by atoms with Crippen molar-refractivity contribution in [2.24, 2.45) is 0 Å². The topological polar surface area (TPSA) is 65.3 Å². The smallest absolute Gasteiger partial charge is 0.164 e. The summed E-state index contributed by atoms with van der Waals surface area (Å²) in [6.07, 6.45) is 0. The van der Waals surface area contributed by atoms with Crippen LogP contribution in [0.4, 0.5) is 0 Å². The van der Waals surface area contributed by atoms with Crippen molar-refractivity contribution in [3.63, 3.8) is 0 Å². The van der Waals surface area contributed by atoms with Gasteiger partial charge in [0.25, 0.3) is 0 Å². The summed E-state index contributed by atoms with van der Waals surface area (Å²) < 4.78 is 27.8. The molecule has 0 saturated carbocycles. The van der Waals surface area contributed by atoms with Crippen LogP contribution in [0.1, 0.15) is 23.1 Å². The van der Waals surface area contributed by atoms with E-state index < -0.39 is 0 Å². The van der Waals surface area contributed by atoms with E-state index in [2.05, 4.69) is 16.3 Å². The van der Waals surface area contributed by atoms with Gasteiger partial charge in [-0.1, -0.05) is 0 Å². The Morgan fingerprint density at radius 2 is 1.68 bits per heavy atom. The van der Waals surface area contributed by atoms with Crippen molar-refractivity contribution in [1.29, 1.82) is 0 Å². The van der Waals surface area contributed by atoms with Crippen molar-refractivity contribution in [1.82, 2.24) is 10.2 Å². The molecule has 7 nitrogen and oxygen atoms in total. The van der Waals surface area contributed by atoms with Crippen molar-refractivity contribution < 1.29 is 23.4 Å². The van der Waals surface area contributed by atoms with Crippen LogP contribution >= 0.6 is 0 Å². The molecule has 1 N–H and O–H groups in total. The Kier molecular flexibility index (Phi) is 7.19. The minimum Gasteiger partial charge on any atom is -0.496 e. The summed E-state index contributed by atoms with van der Waals surface area (Å²) in [6, 6.07) is 8.04. The van der Waals surface area contributed by atoms with Crippen LogP contribution in [0.3, 0.4) is 0 Å². The molecule has 1 aromatic heterocycles. The summed E-state index contributed by atoms with van der Waals surface area (Å²) >= 11 is 0. The number of benzene rings is 1. The summed E-state index contributed by atoms with van der Waals surface area (Å²) in [5, 5.41) is 3.55. The summed E-state index contributed by atoms with van der Waals surface area (Å²) in [6.45, 7) is 6.66. The minimum absolute atomic E-state index is 0.156. The number of nitrogens with one attached hydrogen (secondary N) is 1. The summed E-state index contributed by atoms with van der Waals surface area (Å²) in [7, 11) is 4.91. The van der Waals surface area contributed by atoms with Gasteiger partial charge < -0.3 is 28.7 Å². The summed E-state index contributed by atoms with van der Waals surface area (Å²) in [4.78, 5) is 2.40. The molecular formula is C21H30N2O5. The first kappa shape index (κ1) is 20.5. The molecule has 0 amide bonds. The molecule has 2 heterocycles. The average molecular weight is 390 g/mol. The van der Waals surface area contributed by atoms with Gasteiger partial charge in [-0.15, -0.1) is 0 Å². The maximum atomic E-state index is 5.93. The second kappa shape index (κ2) is 9.82. The highest BCUT2D eigenvalue weighted by atomic mass is 16.5. The first-order valence-electron chi connectivity index (χ1n) is 9.54. The summed E-state index contributed by atoms with van der Waals surface area (Å²) in [5.74, 6) is 4.01. The highest BCUT2D eigenvalue weighted by Gasteiger charge is 2.25. The zero-order valence-corrected chi connectivity index (χ0v) is 17.1. The van der Waals surface area contributed by atoms with E-state index in [0.717, 1.165) is 55.7 Å². The maximum Gasteiger partial charge on any atom is 0.164 e. The lowest BCUT2D eigenvalue weighted by Gasteiger charge is -2.33. The molecule has 7 heteroatoms. The SMILES string of the molecule is COc1cc(OC)c(OC)cc1CNCC(c1ccc(C)o1)N1CCOCC1. The number of methoxy groups -OCH3 is 3. The van der Waals surface area contributed by atoms with E-state index >= 15 is 0 Å². The fourth-order valence-electron chi connectivity index (χ4n) is 3.51. The van der Waals surface area contributed by atoms with Crippen LogP contribution in [0.15, 0.2) is 28.7 Å². The van der Waals surface area contributed by atoms with E-state index in [-0.39, 0.29) is 6.04 Å². The monoisotopic (exact) mass is 390 g/mol. The van der Waals surface area contributed by atoms with E-state index in [1.54, 1.807) is 21.3 Å². The molecule has 1 fully saturated rings. The molecule has 0 aliphatic carbocycles. The molecule has 1 aromatic carbocycles. The Balaban J connectivity index is 1.71. The fraction of sp³-hybridized carbons (Fsp3) is 0.524. The number of nitrogens with zero attached hydrogens (tertiary/aromatic N) is 1. The van der Waals surface area contributed by atoms with Crippen molar-refractivity contribution in [3.8, 4) is 17.2 Å². The molecule has 1 unspecified atom stereocenters. The molecule has 2 aromatic rings. The number of furan rings is 1. The predicted molar refractivity (Wildman–Crippen MR) is 106 cm³/mol. The van der Waals surface area contributed by atoms with E-state index in [1.165, 1.54) is 0 Å². The third kappa shape index (κ3) is 4.79. The van der Waals surface area contributed by atoms with Gasteiger partial charge in [-0.05, 0) is 25.1 Å². The third-order valence-corrected chi connectivity index (χ3v) is 5.02. The summed E-state index contributed by atoms with van der Waals surface area (Å²) in [5.41, 5.74) is 1.01. The van der Waals surface area contributed by atoms with Crippen LogP contribution < -0.4 is 19.5 Å². The number of hydrogen-bond acceptors (Lipinski definition) is 7. The molecule has 28 heavy (non-hydrogen) atoms. The van der Waals surface area contributed by atoms with E-state index in [9.17, 15) is 0 Å². The number of morpholine rings is 1. The van der Waals surface area contributed by atoms with Crippen LogP contribution in [-0.2, 0) is 11.3 Å². The van der Waals surface area contributed by atoms with Gasteiger partial charge in [0.05, 0.1) is 40.6 Å². The average Bonchev–Trinajstić information content (AvgIpc) is 3.17. The number of ether oxygens (including phenoxy) is 4. The van der Waals surface area contributed by atoms with Gasteiger partial charge in [-0.2, -0.15) is 0 Å². The Labute approximate surface area is 166 Å². The van der Waals surface area contributed by atoms with Crippen molar-refractivity contribution in [3.05, 3.63) is 41.3 Å². The van der Waals surface area contributed by atoms with Gasteiger partial charge in [0, 0.05) is 37.8 Å². The van der Waals surface area contributed by atoms with Crippen molar-refractivity contribution in [2.45, 2.75) is 19.5 Å². The quantitative estimate of drug-likeness (QED) is 0.706. The Morgan fingerprint density at radius 3 is 2.29 bits per heavy atom. The van der Waals surface area contributed by atoms with Crippen LogP contribution in [0.2, 0.25) is 0 Å². The number of rotatable bonds is 9. The molecule has 0 radical (unpaired) electrons. The van der Waals surface area contributed by atoms with Crippen LogP contribution in [-0.4, -0.2) is 59.1 Å². The highest BCUT2D eigenvalue weighted by molar-refractivity contribution is 5.50. The van der Waals surface area contributed by atoms with E-state index in [1.807, 2.05) is 25.1 Å². The van der Waals surface area contributed by atoms with Gasteiger partial charge in [0.2, 0.25) is 0 Å². The Hall–Kier alpha value is -2.22. The van der Waals surface area contributed by atoms with E-state index in [0.29, 0.717) is 18.0 Å². The predicted octanol–water partition coefficient (Wildman–Crippen LogP) is 2.78. The fourth-order valence-corrected chi connectivity index (χ4v) is 3.51. The molecule has 0 bridgehead atoms. The van der Waals surface area contributed by atoms with Gasteiger partial charge in [-0.25, -0.2) is 0 Å². The van der Waals surface area contributed by atoms with Gasteiger partial charge in [0.15, 0.2) is 11.5 Å². The molecule has 0 spiro atoms. The lowest BCUT2D eigenvalue weighted by molar-refractivity contribution is 0.0115. The normalized spacial score (nSPS) is 16.0. The first-order valence-corrected chi connectivity index (χ1v) is 9.54. The zero-order valence-electron chi connectivity index (χ0n) is 17.1. The second-order valence-electron chi connectivity index (χ2n) is 6.76. The largest absolute Gasteiger partial charge is 0.496 e. The molecular weight excluding hydrogens is 360 g/mol. The highest BCUT2D eigenvalue weighted by Crippen LogP contribution is 2.34. The standard InChI is InChI=1S/C21H30N2O5/c1-15-5-6-18(28-15)17(23-7-9-27-10-8-23)14-22-13-16-11-20(25-3)21(26-4)12-19(16)24-2/h5-6,11-12,17,22H,7-10,13-14H2,1-4H3. The molecule has 1 aliphatic rings. The molecule has 3 rings (SSSR count). The Bertz CT molecular complexity index is 755. The van der Waals surface area contributed by atoms with Crippen molar-refractivity contribution in [2.75, 3.05) is 54.2 Å². The van der Waals surface area contributed by atoms with Gasteiger partial charge in [0.1, 0.15) is 17.3 Å². The van der Waals surface area contributed by atoms with Crippen LogP contribution in [0, 0.1) is 6.92 Å². The Morgan fingerprint density at radius 1 is 1.00 bits per heavy atom. The third-order valence-electron chi connectivity index (χ3n) is 5.02. The first-order chi connectivity index (χ1) is 13.7. The lowest BCUT2D eigenvalue weighted by Crippen LogP contribution is -2.42. The molecule has 1 atom stereocenters.